The third-order valence-electron chi connectivity index (χ3n) is 5.52. The molecule has 140 valence electrons. The lowest BCUT2D eigenvalue weighted by atomic mass is 9.95. The number of rotatable bonds is 5. The van der Waals surface area contributed by atoms with Crippen molar-refractivity contribution in [1.29, 1.82) is 0 Å². The van der Waals surface area contributed by atoms with E-state index in [-0.39, 0.29) is 0 Å². The zero-order valence-corrected chi connectivity index (χ0v) is 16.5. The van der Waals surface area contributed by atoms with Crippen molar-refractivity contribution < 1.29 is 4.52 Å². The molecule has 4 heteroatoms. The molecule has 0 N–H and O–H groups in total. The quantitative estimate of drug-likeness (QED) is 0.537. The Balaban J connectivity index is 1.54. The van der Waals surface area contributed by atoms with Gasteiger partial charge in [0, 0.05) is 22.7 Å². The number of aromatic nitrogens is 1. The average Bonchev–Trinajstić information content (AvgIpc) is 3.09. The van der Waals surface area contributed by atoms with E-state index in [2.05, 4.69) is 47.3 Å². The Morgan fingerprint density at radius 3 is 2.63 bits per heavy atom. The van der Waals surface area contributed by atoms with Crippen molar-refractivity contribution in [3.8, 4) is 11.3 Å². The van der Waals surface area contributed by atoms with Crippen LogP contribution in [0, 0.1) is 6.92 Å². The average molecular weight is 381 g/mol. The number of hydrogen-bond acceptors (Lipinski definition) is 3. The van der Waals surface area contributed by atoms with E-state index in [1.165, 1.54) is 18.4 Å². The lowest BCUT2D eigenvalue weighted by molar-refractivity contribution is 0.124. The summed E-state index contributed by atoms with van der Waals surface area (Å²) in [6, 6.07) is 18.8. The minimum atomic E-state index is 0.316. The van der Waals surface area contributed by atoms with Crippen LogP contribution in [0.2, 0.25) is 5.02 Å². The Bertz CT molecular complexity index is 873. The second-order valence-electron chi connectivity index (χ2n) is 7.31. The van der Waals surface area contributed by atoms with Crippen LogP contribution in [0.1, 0.15) is 42.2 Å². The van der Waals surface area contributed by atoms with E-state index in [0.717, 1.165) is 53.5 Å². The Morgan fingerprint density at radius 2 is 1.85 bits per heavy atom. The van der Waals surface area contributed by atoms with Gasteiger partial charge in [-0.25, -0.2) is 0 Å². The topological polar surface area (TPSA) is 29.3 Å². The first-order valence-electron chi connectivity index (χ1n) is 9.72. The molecule has 1 unspecified atom stereocenters. The van der Waals surface area contributed by atoms with Gasteiger partial charge in [0.2, 0.25) is 0 Å². The second kappa shape index (κ2) is 8.28. The lowest BCUT2D eigenvalue weighted by Crippen LogP contribution is -2.35. The molecule has 1 aromatic heterocycles. The maximum atomic E-state index is 6.02. The zero-order valence-electron chi connectivity index (χ0n) is 15.7. The Kier molecular flexibility index (Phi) is 5.61. The predicted molar refractivity (Wildman–Crippen MR) is 110 cm³/mol. The normalized spacial score (nSPS) is 17.9. The van der Waals surface area contributed by atoms with Gasteiger partial charge in [-0.15, -0.1) is 0 Å². The van der Waals surface area contributed by atoms with Crippen molar-refractivity contribution in [3.63, 3.8) is 0 Å². The highest BCUT2D eigenvalue weighted by Gasteiger charge is 2.29. The van der Waals surface area contributed by atoms with Crippen LogP contribution in [0.5, 0.6) is 0 Å². The van der Waals surface area contributed by atoms with Gasteiger partial charge in [0.1, 0.15) is 5.69 Å². The smallest absolute Gasteiger partial charge is 0.157 e. The molecule has 0 saturated carbocycles. The first kappa shape index (κ1) is 18.3. The Hall–Kier alpha value is -2.10. The van der Waals surface area contributed by atoms with Crippen molar-refractivity contribution in [3.05, 3.63) is 76.5 Å². The molecule has 2 heterocycles. The van der Waals surface area contributed by atoms with E-state index in [1.807, 2.05) is 24.3 Å². The van der Waals surface area contributed by atoms with E-state index >= 15 is 0 Å². The highest BCUT2D eigenvalue weighted by Crippen LogP contribution is 2.36. The molecule has 3 nitrogen and oxygen atoms in total. The van der Waals surface area contributed by atoms with Gasteiger partial charge in [-0.05, 0) is 50.4 Å². The molecule has 0 bridgehead atoms. The minimum Gasteiger partial charge on any atom is -0.359 e. The molecule has 1 fully saturated rings. The summed E-state index contributed by atoms with van der Waals surface area (Å²) >= 11 is 6.02. The molecule has 1 aliphatic rings. The van der Waals surface area contributed by atoms with Crippen molar-refractivity contribution in [1.82, 2.24) is 10.1 Å². The predicted octanol–water partition coefficient (Wildman–Crippen LogP) is 6.07. The molecule has 1 atom stereocenters. The van der Waals surface area contributed by atoms with Crippen molar-refractivity contribution in [2.75, 3.05) is 13.1 Å². The lowest BCUT2D eigenvalue weighted by Gasteiger charge is -2.34. The largest absolute Gasteiger partial charge is 0.359 e. The van der Waals surface area contributed by atoms with Crippen LogP contribution >= 0.6 is 11.6 Å². The monoisotopic (exact) mass is 380 g/mol. The van der Waals surface area contributed by atoms with E-state index < -0.39 is 0 Å². The van der Waals surface area contributed by atoms with Crippen LogP contribution in [0.25, 0.3) is 11.3 Å². The minimum absolute atomic E-state index is 0.316. The van der Waals surface area contributed by atoms with Crippen LogP contribution in [-0.4, -0.2) is 23.1 Å². The van der Waals surface area contributed by atoms with Crippen molar-refractivity contribution >= 4 is 11.6 Å². The first-order valence-corrected chi connectivity index (χ1v) is 10.1. The molecule has 1 aliphatic heterocycles. The summed E-state index contributed by atoms with van der Waals surface area (Å²) in [5.74, 6) is 1.02. The summed E-state index contributed by atoms with van der Waals surface area (Å²) in [5, 5.41) is 5.13. The molecule has 3 aromatic rings. The van der Waals surface area contributed by atoms with Crippen LogP contribution in [-0.2, 0) is 6.42 Å². The van der Waals surface area contributed by atoms with Gasteiger partial charge in [-0.3, -0.25) is 4.90 Å². The fourth-order valence-electron chi connectivity index (χ4n) is 4.01. The highest BCUT2D eigenvalue weighted by atomic mass is 35.5. The number of benzene rings is 2. The van der Waals surface area contributed by atoms with Gasteiger partial charge in [-0.1, -0.05) is 65.6 Å². The van der Waals surface area contributed by atoms with Gasteiger partial charge in [0.25, 0.3) is 0 Å². The summed E-state index contributed by atoms with van der Waals surface area (Å²) in [7, 11) is 0. The van der Waals surface area contributed by atoms with Crippen molar-refractivity contribution in [2.45, 2.75) is 38.6 Å². The van der Waals surface area contributed by atoms with E-state index in [1.54, 1.807) is 0 Å². The maximum absolute atomic E-state index is 6.02. The van der Waals surface area contributed by atoms with Gasteiger partial charge >= 0.3 is 0 Å². The molecule has 0 radical (unpaired) electrons. The molecule has 4 rings (SSSR count). The fraction of sp³-hybridized carbons (Fsp3) is 0.348. The number of nitrogens with zero attached hydrogens (tertiary/aromatic N) is 2. The first-order chi connectivity index (χ1) is 13.2. The summed E-state index contributed by atoms with van der Waals surface area (Å²) in [4.78, 5) is 2.57. The summed E-state index contributed by atoms with van der Waals surface area (Å²) in [6.07, 6.45) is 4.69. The highest BCUT2D eigenvalue weighted by molar-refractivity contribution is 6.30. The third-order valence-corrected chi connectivity index (χ3v) is 5.78. The standard InChI is InChI=1S/C23H25ClN2O/c1-17-22(19-10-12-20(24)13-11-19)25-27-23(17)21-9-5-6-15-26(21)16-14-18-7-3-2-4-8-18/h2-4,7-8,10-13,21H,5-6,9,14-16H2,1H3. The fourth-order valence-corrected chi connectivity index (χ4v) is 4.14. The molecule has 0 amide bonds. The second-order valence-corrected chi connectivity index (χ2v) is 7.75. The maximum Gasteiger partial charge on any atom is 0.157 e. The molecule has 1 saturated heterocycles. The molecule has 2 aromatic carbocycles. The number of piperidine rings is 1. The van der Waals surface area contributed by atoms with Gasteiger partial charge in [0.05, 0.1) is 6.04 Å². The van der Waals surface area contributed by atoms with Crippen LogP contribution in [0.15, 0.2) is 59.1 Å². The summed E-state index contributed by atoms with van der Waals surface area (Å²) in [6.45, 7) is 4.29. The van der Waals surface area contributed by atoms with Crippen LogP contribution in [0.3, 0.4) is 0 Å². The molecule has 0 spiro atoms. The molecular formula is C23H25ClN2O. The third kappa shape index (κ3) is 4.10. The van der Waals surface area contributed by atoms with E-state index in [0.29, 0.717) is 6.04 Å². The SMILES string of the molecule is Cc1c(-c2ccc(Cl)cc2)noc1C1CCCCN1CCc1ccccc1. The number of halogens is 1. The van der Waals surface area contributed by atoms with Gasteiger partial charge in [-0.2, -0.15) is 0 Å². The number of likely N-dealkylation sites (tertiary alicyclic amines) is 1. The van der Waals surface area contributed by atoms with Crippen LogP contribution < -0.4 is 0 Å². The van der Waals surface area contributed by atoms with Crippen molar-refractivity contribution in [2.24, 2.45) is 0 Å². The molecular weight excluding hydrogens is 356 g/mol. The Labute approximate surface area is 165 Å². The summed E-state index contributed by atoms with van der Waals surface area (Å²) < 4.78 is 5.88. The Morgan fingerprint density at radius 1 is 1.07 bits per heavy atom. The van der Waals surface area contributed by atoms with E-state index in [9.17, 15) is 0 Å². The zero-order chi connectivity index (χ0) is 18.6. The molecule has 27 heavy (non-hydrogen) atoms. The summed E-state index contributed by atoms with van der Waals surface area (Å²) in [5.41, 5.74) is 4.51. The molecule has 0 aliphatic carbocycles. The van der Waals surface area contributed by atoms with Gasteiger partial charge in [0.15, 0.2) is 5.76 Å². The van der Waals surface area contributed by atoms with E-state index in [4.69, 9.17) is 16.1 Å². The van der Waals surface area contributed by atoms with Crippen LogP contribution in [0.4, 0.5) is 0 Å². The number of hydrogen-bond donors (Lipinski definition) is 0. The van der Waals surface area contributed by atoms with Gasteiger partial charge < -0.3 is 4.52 Å².